The Morgan fingerprint density at radius 3 is 2.68 bits per heavy atom. The molecule has 108 valence electrons. The van der Waals surface area contributed by atoms with E-state index in [-0.39, 0.29) is 18.4 Å². The van der Waals surface area contributed by atoms with Gasteiger partial charge in [-0.05, 0) is 50.4 Å². The molecule has 1 fully saturated rings. The Hall–Kier alpha value is -0.620. The van der Waals surface area contributed by atoms with Gasteiger partial charge in [0.2, 0.25) is 10.0 Å². The van der Waals surface area contributed by atoms with Crippen LogP contribution in [0.5, 0.6) is 0 Å². The second kappa shape index (κ2) is 6.70. The van der Waals surface area contributed by atoms with E-state index in [9.17, 15) is 8.42 Å². The molecule has 1 aliphatic rings. The summed E-state index contributed by atoms with van der Waals surface area (Å²) in [5.74, 6) is 0. The van der Waals surface area contributed by atoms with Gasteiger partial charge >= 0.3 is 0 Å². The normalized spacial score (nSPS) is 19.8. The molecule has 2 N–H and O–H groups in total. The molecule has 6 heteroatoms. The minimum atomic E-state index is -3.40. The van der Waals surface area contributed by atoms with Crippen LogP contribution in [0.3, 0.4) is 0 Å². The topological polar surface area (TPSA) is 58.2 Å². The standard InChI is InChI=1S/C13H20N2O2S.ClH/c1-10-5-6-11(2)13(8-10)18(16,17)15-12-4-3-7-14-9-12;/h5-6,8,12,14-15H,3-4,7,9H2,1-2H3;1H/t12-;/m1./s1. The average Bonchev–Trinajstić information content (AvgIpc) is 2.33. The van der Waals surface area contributed by atoms with Gasteiger partial charge in [-0.1, -0.05) is 12.1 Å². The summed E-state index contributed by atoms with van der Waals surface area (Å²) < 4.78 is 27.5. The molecule has 4 nitrogen and oxygen atoms in total. The number of aryl methyl sites for hydroxylation is 2. The molecule has 19 heavy (non-hydrogen) atoms. The van der Waals surface area contributed by atoms with Crippen LogP contribution in [-0.2, 0) is 10.0 Å². The number of nitrogens with one attached hydrogen (secondary N) is 2. The quantitative estimate of drug-likeness (QED) is 0.894. The fourth-order valence-corrected chi connectivity index (χ4v) is 3.83. The second-order valence-electron chi connectivity index (χ2n) is 4.93. The minimum absolute atomic E-state index is 0. The van der Waals surface area contributed by atoms with Crippen molar-refractivity contribution < 1.29 is 8.42 Å². The molecule has 0 saturated carbocycles. The molecule has 1 atom stereocenters. The zero-order chi connectivity index (χ0) is 13.2. The van der Waals surface area contributed by atoms with Crippen molar-refractivity contribution in [1.29, 1.82) is 0 Å². The van der Waals surface area contributed by atoms with Crippen molar-refractivity contribution in [3.63, 3.8) is 0 Å². The second-order valence-corrected chi connectivity index (χ2v) is 6.62. The van der Waals surface area contributed by atoms with E-state index in [0.29, 0.717) is 11.4 Å². The van der Waals surface area contributed by atoms with Gasteiger partial charge in [-0.25, -0.2) is 13.1 Å². The molecule has 0 amide bonds. The molecule has 0 bridgehead atoms. The van der Waals surface area contributed by atoms with Crippen LogP contribution in [0.1, 0.15) is 24.0 Å². The monoisotopic (exact) mass is 304 g/mol. The third kappa shape index (κ3) is 4.18. The van der Waals surface area contributed by atoms with Crippen molar-refractivity contribution in [2.45, 2.75) is 37.6 Å². The van der Waals surface area contributed by atoms with Gasteiger partial charge in [0.1, 0.15) is 0 Å². The Labute approximate surface area is 121 Å². The van der Waals surface area contributed by atoms with Crippen LogP contribution in [0.25, 0.3) is 0 Å². The highest BCUT2D eigenvalue weighted by Gasteiger charge is 2.22. The smallest absolute Gasteiger partial charge is 0.241 e. The van der Waals surface area contributed by atoms with Crippen molar-refractivity contribution in [3.05, 3.63) is 29.3 Å². The Bertz CT molecular complexity index is 525. The average molecular weight is 305 g/mol. The fourth-order valence-electron chi connectivity index (χ4n) is 2.23. The summed E-state index contributed by atoms with van der Waals surface area (Å²) in [6.45, 7) is 5.42. The van der Waals surface area contributed by atoms with E-state index < -0.39 is 10.0 Å². The van der Waals surface area contributed by atoms with Crippen LogP contribution in [0.2, 0.25) is 0 Å². The molecule has 0 aliphatic carbocycles. The fraction of sp³-hybridized carbons (Fsp3) is 0.538. The SMILES string of the molecule is Cc1ccc(C)c(S(=O)(=O)N[C@@H]2CCCNC2)c1.Cl. The predicted molar refractivity (Wildman–Crippen MR) is 79.4 cm³/mol. The van der Waals surface area contributed by atoms with E-state index in [4.69, 9.17) is 0 Å². The van der Waals surface area contributed by atoms with Crippen molar-refractivity contribution in [2.24, 2.45) is 0 Å². The summed E-state index contributed by atoms with van der Waals surface area (Å²) in [7, 11) is -3.40. The summed E-state index contributed by atoms with van der Waals surface area (Å²) >= 11 is 0. The highest BCUT2D eigenvalue weighted by atomic mass is 35.5. The van der Waals surface area contributed by atoms with Crippen LogP contribution in [-0.4, -0.2) is 27.5 Å². The maximum absolute atomic E-state index is 12.3. The lowest BCUT2D eigenvalue weighted by molar-refractivity contribution is 0.428. The lowest BCUT2D eigenvalue weighted by Gasteiger charge is -2.24. The molecule has 2 rings (SSSR count). The molecule has 0 unspecified atom stereocenters. The summed E-state index contributed by atoms with van der Waals surface area (Å²) in [5, 5.41) is 3.21. The molecule has 1 heterocycles. The third-order valence-electron chi connectivity index (χ3n) is 3.25. The van der Waals surface area contributed by atoms with E-state index >= 15 is 0 Å². The van der Waals surface area contributed by atoms with E-state index in [0.717, 1.165) is 30.5 Å². The van der Waals surface area contributed by atoms with Crippen LogP contribution < -0.4 is 10.0 Å². The number of piperidine rings is 1. The van der Waals surface area contributed by atoms with E-state index in [1.54, 1.807) is 6.07 Å². The molecule has 1 aromatic carbocycles. The van der Waals surface area contributed by atoms with Crippen LogP contribution in [0, 0.1) is 13.8 Å². The first kappa shape index (κ1) is 16.4. The third-order valence-corrected chi connectivity index (χ3v) is 4.91. The molecule has 1 saturated heterocycles. The Balaban J connectivity index is 0.00000180. The summed E-state index contributed by atoms with van der Waals surface area (Å²) in [5.41, 5.74) is 1.75. The number of benzene rings is 1. The maximum atomic E-state index is 12.3. The van der Waals surface area contributed by atoms with Crippen LogP contribution in [0.4, 0.5) is 0 Å². The van der Waals surface area contributed by atoms with Gasteiger partial charge in [-0.2, -0.15) is 0 Å². The van der Waals surface area contributed by atoms with E-state index in [1.807, 2.05) is 26.0 Å². The molecule has 0 radical (unpaired) electrons. The number of hydrogen-bond acceptors (Lipinski definition) is 3. The van der Waals surface area contributed by atoms with Crippen molar-refractivity contribution in [3.8, 4) is 0 Å². The van der Waals surface area contributed by atoms with E-state index in [1.165, 1.54) is 0 Å². The van der Waals surface area contributed by atoms with Gasteiger partial charge in [0.05, 0.1) is 4.90 Å². The highest BCUT2D eigenvalue weighted by molar-refractivity contribution is 7.89. The summed E-state index contributed by atoms with van der Waals surface area (Å²) in [6, 6.07) is 5.51. The molecule has 0 spiro atoms. The maximum Gasteiger partial charge on any atom is 0.241 e. The van der Waals surface area contributed by atoms with Gasteiger partial charge in [-0.3, -0.25) is 0 Å². The number of hydrogen-bond donors (Lipinski definition) is 2. The van der Waals surface area contributed by atoms with Gasteiger partial charge in [0.15, 0.2) is 0 Å². The van der Waals surface area contributed by atoms with E-state index in [2.05, 4.69) is 10.0 Å². The van der Waals surface area contributed by atoms with Crippen molar-refractivity contribution >= 4 is 22.4 Å². The first-order valence-electron chi connectivity index (χ1n) is 6.29. The van der Waals surface area contributed by atoms with Gasteiger partial charge in [0.25, 0.3) is 0 Å². The Kier molecular flexibility index (Phi) is 5.80. The lowest BCUT2D eigenvalue weighted by Crippen LogP contribution is -2.45. The number of halogens is 1. The van der Waals surface area contributed by atoms with Crippen LogP contribution in [0.15, 0.2) is 23.1 Å². The lowest BCUT2D eigenvalue weighted by atomic mass is 10.1. The zero-order valence-corrected chi connectivity index (χ0v) is 12.9. The number of rotatable bonds is 3. The molecule has 1 aliphatic heterocycles. The first-order valence-corrected chi connectivity index (χ1v) is 7.78. The predicted octanol–water partition coefficient (Wildman–Crippen LogP) is 1.76. The molecule has 0 aromatic heterocycles. The van der Waals surface area contributed by atoms with Crippen LogP contribution >= 0.6 is 12.4 Å². The Morgan fingerprint density at radius 1 is 1.32 bits per heavy atom. The molecular weight excluding hydrogens is 284 g/mol. The summed E-state index contributed by atoms with van der Waals surface area (Å²) in [6.07, 6.45) is 1.91. The summed E-state index contributed by atoms with van der Waals surface area (Å²) in [4.78, 5) is 0.396. The van der Waals surface area contributed by atoms with Gasteiger partial charge in [-0.15, -0.1) is 12.4 Å². The Morgan fingerprint density at radius 2 is 2.05 bits per heavy atom. The van der Waals surface area contributed by atoms with Gasteiger partial charge < -0.3 is 5.32 Å². The highest BCUT2D eigenvalue weighted by Crippen LogP contribution is 2.17. The zero-order valence-electron chi connectivity index (χ0n) is 11.3. The van der Waals surface area contributed by atoms with Gasteiger partial charge in [0, 0.05) is 12.6 Å². The van der Waals surface area contributed by atoms with Crippen molar-refractivity contribution in [2.75, 3.05) is 13.1 Å². The number of sulfonamides is 1. The molecule has 1 aromatic rings. The largest absolute Gasteiger partial charge is 0.315 e. The van der Waals surface area contributed by atoms with Crippen molar-refractivity contribution in [1.82, 2.24) is 10.0 Å². The minimum Gasteiger partial charge on any atom is -0.315 e. The molecular formula is C13H21ClN2O2S. The first-order chi connectivity index (χ1) is 8.49.